The first-order chi connectivity index (χ1) is 5.38. The van der Waals surface area contributed by atoms with Crippen LogP contribution in [0.1, 0.15) is 46.0 Å². The Bertz CT molecular complexity index is 172. The van der Waals surface area contributed by atoms with Gasteiger partial charge in [0.05, 0.1) is 0 Å². The lowest BCUT2D eigenvalue weighted by Gasteiger charge is -2.03. The van der Waals surface area contributed by atoms with Crippen molar-refractivity contribution >= 4 is 0 Å². The highest BCUT2D eigenvalue weighted by Gasteiger charge is 2.05. The number of rotatable bonds is 4. The van der Waals surface area contributed by atoms with Crippen molar-refractivity contribution in [2.45, 2.75) is 46.0 Å². The molecule has 0 aliphatic heterocycles. The minimum absolute atomic E-state index is 1.22. The maximum atomic E-state index is 2.30. The zero-order chi connectivity index (χ0) is 8.10. The van der Waals surface area contributed by atoms with Crippen molar-refractivity contribution < 1.29 is 0 Å². The fourth-order valence-corrected chi connectivity index (χ4v) is 1.61. The zero-order valence-corrected chi connectivity index (χ0v) is 7.69. The van der Waals surface area contributed by atoms with Crippen LogP contribution in [0.3, 0.4) is 0 Å². The first kappa shape index (κ1) is 8.58. The van der Waals surface area contributed by atoms with Crippen molar-refractivity contribution in [1.82, 2.24) is 0 Å². The summed E-state index contributed by atoms with van der Waals surface area (Å²) in [5.41, 5.74) is 3.28. The van der Waals surface area contributed by atoms with Crippen molar-refractivity contribution in [1.29, 1.82) is 0 Å². The molecule has 62 valence electrons. The molecule has 0 saturated carbocycles. The van der Waals surface area contributed by atoms with Gasteiger partial charge < -0.3 is 0 Å². The Morgan fingerprint density at radius 3 is 2.82 bits per heavy atom. The third-order valence-electron chi connectivity index (χ3n) is 2.35. The molecule has 0 nitrogen and oxygen atoms in total. The summed E-state index contributed by atoms with van der Waals surface area (Å²) in [7, 11) is 0. The average molecular weight is 150 g/mol. The first-order valence-electron chi connectivity index (χ1n) is 4.76. The van der Waals surface area contributed by atoms with Gasteiger partial charge in [0.25, 0.3) is 0 Å². The lowest BCUT2D eigenvalue weighted by molar-refractivity contribution is 0.771. The van der Waals surface area contributed by atoms with Crippen molar-refractivity contribution in [3.05, 3.63) is 23.3 Å². The first-order valence-corrected chi connectivity index (χ1v) is 4.76. The summed E-state index contributed by atoms with van der Waals surface area (Å²) in [6, 6.07) is 0. The molecule has 0 spiro atoms. The van der Waals surface area contributed by atoms with Gasteiger partial charge in [-0.15, -0.1) is 0 Å². The third kappa shape index (κ3) is 2.21. The molecule has 0 saturated heterocycles. The van der Waals surface area contributed by atoms with Gasteiger partial charge in [0.1, 0.15) is 0 Å². The van der Waals surface area contributed by atoms with E-state index in [1.165, 1.54) is 32.1 Å². The fraction of sp³-hybridized carbons (Fsp3) is 0.636. The second kappa shape index (κ2) is 4.38. The van der Waals surface area contributed by atoms with E-state index in [2.05, 4.69) is 26.0 Å². The van der Waals surface area contributed by atoms with E-state index in [0.717, 1.165) is 0 Å². The highest BCUT2D eigenvalue weighted by Crippen LogP contribution is 2.25. The third-order valence-corrected chi connectivity index (χ3v) is 2.35. The summed E-state index contributed by atoms with van der Waals surface area (Å²) < 4.78 is 0. The second-order valence-corrected chi connectivity index (χ2v) is 3.19. The van der Waals surface area contributed by atoms with Crippen LogP contribution in [0.15, 0.2) is 23.3 Å². The van der Waals surface area contributed by atoms with Crippen LogP contribution in [0.4, 0.5) is 0 Å². The van der Waals surface area contributed by atoms with Gasteiger partial charge in [-0.05, 0) is 31.3 Å². The van der Waals surface area contributed by atoms with Gasteiger partial charge in [0, 0.05) is 0 Å². The van der Waals surface area contributed by atoms with Crippen LogP contribution in [-0.2, 0) is 0 Å². The van der Waals surface area contributed by atoms with Gasteiger partial charge in [0.2, 0.25) is 0 Å². The summed E-state index contributed by atoms with van der Waals surface area (Å²) in [6.07, 6.45) is 11.0. The van der Waals surface area contributed by atoms with E-state index in [9.17, 15) is 0 Å². The molecule has 0 unspecified atom stereocenters. The molecule has 0 aromatic heterocycles. The van der Waals surface area contributed by atoms with Gasteiger partial charge in [-0.1, -0.05) is 38.0 Å². The van der Waals surface area contributed by atoms with Crippen LogP contribution in [0.25, 0.3) is 0 Å². The van der Waals surface area contributed by atoms with Crippen molar-refractivity contribution in [2.24, 2.45) is 0 Å². The Morgan fingerprint density at radius 1 is 1.36 bits per heavy atom. The van der Waals surface area contributed by atoms with Crippen LogP contribution >= 0.6 is 0 Å². The predicted octanol–water partition coefficient (Wildman–Crippen LogP) is 3.84. The summed E-state index contributed by atoms with van der Waals surface area (Å²) in [6.45, 7) is 4.51. The highest BCUT2D eigenvalue weighted by atomic mass is 14.1. The zero-order valence-electron chi connectivity index (χ0n) is 7.69. The van der Waals surface area contributed by atoms with Crippen LogP contribution in [-0.4, -0.2) is 0 Å². The van der Waals surface area contributed by atoms with E-state index in [0.29, 0.717) is 0 Å². The Hall–Kier alpha value is -0.520. The normalized spacial score (nSPS) is 16.5. The van der Waals surface area contributed by atoms with Gasteiger partial charge in [-0.2, -0.15) is 0 Å². The monoisotopic (exact) mass is 150 g/mol. The second-order valence-electron chi connectivity index (χ2n) is 3.19. The van der Waals surface area contributed by atoms with Gasteiger partial charge in [0.15, 0.2) is 0 Å². The Balaban J connectivity index is 2.43. The van der Waals surface area contributed by atoms with Crippen LogP contribution in [0.5, 0.6) is 0 Å². The van der Waals surface area contributed by atoms with Crippen LogP contribution in [0, 0.1) is 0 Å². The van der Waals surface area contributed by atoms with Crippen molar-refractivity contribution in [3.8, 4) is 0 Å². The molecule has 0 amide bonds. The van der Waals surface area contributed by atoms with Crippen molar-refractivity contribution in [2.75, 3.05) is 0 Å². The lowest BCUT2D eigenvalue weighted by Crippen LogP contribution is -1.83. The molecule has 11 heavy (non-hydrogen) atoms. The largest absolute Gasteiger partial charge is 0.0802 e. The van der Waals surface area contributed by atoms with E-state index in [1.54, 1.807) is 11.1 Å². The fourth-order valence-electron chi connectivity index (χ4n) is 1.61. The molecule has 0 radical (unpaired) electrons. The van der Waals surface area contributed by atoms with Gasteiger partial charge in [-0.25, -0.2) is 0 Å². The number of allylic oxidation sites excluding steroid dienone is 4. The van der Waals surface area contributed by atoms with E-state index >= 15 is 0 Å². The Kier molecular flexibility index (Phi) is 3.41. The van der Waals surface area contributed by atoms with E-state index < -0.39 is 0 Å². The van der Waals surface area contributed by atoms with Gasteiger partial charge >= 0.3 is 0 Å². The summed E-state index contributed by atoms with van der Waals surface area (Å²) >= 11 is 0. The summed E-state index contributed by atoms with van der Waals surface area (Å²) in [5, 5.41) is 0. The lowest BCUT2D eigenvalue weighted by atomic mass is 10.0. The van der Waals surface area contributed by atoms with Crippen LogP contribution in [0.2, 0.25) is 0 Å². The molecule has 0 aromatic rings. The number of unbranched alkanes of at least 4 members (excludes halogenated alkanes) is 1. The molecule has 0 heteroatoms. The summed E-state index contributed by atoms with van der Waals surface area (Å²) in [5.74, 6) is 0. The molecule has 0 aromatic carbocycles. The standard InChI is InChI=1S/C11H18/c1-3-5-7-11-9-6-8-10(11)4-2/h6,8H,3-5,7,9H2,1-2H3. The molecule has 1 aliphatic carbocycles. The molecule has 0 N–H and O–H groups in total. The Morgan fingerprint density at radius 2 is 2.18 bits per heavy atom. The average Bonchev–Trinajstić information content (AvgIpc) is 2.47. The number of hydrogen-bond acceptors (Lipinski definition) is 0. The molecule has 0 atom stereocenters. The molecule has 0 bridgehead atoms. The molecule has 0 heterocycles. The smallest absolute Gasteiger partial charge is 0.0130 e. The Labute approximate surface area is 70.0 Å². The predicted molar refractivity (Wildman–Crippen MR) is 50.6 cm³/mol. The van der Waals surface area contributed by atoms with E-state index in [1.807, 2.05) is 0 Å². The summed E-state index contributed by atoms with van der Waals surface area (Å²) in [4.78, 5) is 0. The maximum absolute atomic E-state index is 2.30. The maximum Gasteiger partial charge on any atom is -0.0130 e. The van der Waals surface area contributed by atoms with Crippen LogP contribution < -0.4 is 0 Å². The highest BCUT2D eigenvalue weighted by molar-refractivity contribution is 5.33. The molecule has 0 fully saturated rings. The quantitative estimate of drug-likeness (QED) is 0.571. The number of hydrogen-bond donors (Lipinski definition) is 0. The van der Waals surface area contributed by atoms with E-state index in [4.69, 9.17) is 0 Å². The SMILES string of the molecule is CCCCC1=C(CC)C=CC1. The molecule has 1 rings (SSSR count). The minimum Gasteiger partial charge on any atom is -0.0802 e. The van der Waals surface area contributed by atoms with Gasteiger partial charge in [-0.3, -0.25) is 0 Å². The minimum atomic E-state index is 1.22. The van der Waals surface area contributed by atoms with Crippen molar-refractivity contribution in [3.63, 3.8) is 0 Å². The molecule has 1 aliphatic rings. The topological polar surface area (TPSA) is 0 Å². The molecular weight excluding hydrogens is 132 g/mol. The van der Waals surface area contributed by atoms with E-state index in [-0.39, 0.29) is 0 Å². The molecular formula is C11H18.